The standard InChI is InChI=1S/C18H34N2/c1-4-20(16-6-5-10-18(2,3)11-9-16)17-12-14-7-8-15(13-17)19-14/h14-17,19H,4-13H2,1-3H3. The average Bonchev–Trinajstić information content (AvgIpc) is 2.64. The highest BCUT2D eigenvalue weighted by Gasteiger charge is 2.38. The second-order valence-electron chi connectivity index (χ2n) is 8.34. The van der Waals surface area contributed by atoms with Gasteiger partial charge in [0.25, 0.3) is 0 Å². The summed E-state index contributed by atoms with van der Waals surface area (Å²) >= 11 is 0. The van der Waals surface area contributed by atoms with Crippen molar-refractivity contribution in [3.05, 3.63) is 0 Å². The molecule has 2 aliphatic heterocycles. The van der Waals surface area contributed by atoms with Crippen LogP contribution < -0.4 is 5.32 Å². The summed E-state index contributed by atoms with van der Waals surface area (Å²) in [6, 6.07) is 3.39. The van der Waals surface area contributed by atoms with Gasteiger partial charge in [-0.3, -0.25) is 4.90 Å². The number of rotatable bonds is 3. The van der Waals surface area contributed by atoms with Gasteiger partial charge < -0.3 is 5.32 Å². The van der Waals surface area contributed by atoms with E-state index in [1.165, 1.54) is 64.3 Å². The predicted octanol–water partition coefficient (Wildman–Crippen LogP) is 3.95. The summed E-state index contributed by atoms with van der Waals surface area (Å²) in [6.45, 7) is 8.59. The van der Waals surface area contributed by atoms with Crippen molar-refractivity contribution in [2.45, 2.75) is 103 Å². The normalized spacial score (nSPS) is 40.8. The summed E-state index contributed by atoms with van der Waals surface area (Å²) in [5.74, 6) is 0. The Bertz CT molecular complexity index is 313. The summed E-state index contributed by atoms with van der Waals surface area (Å²) in [5.41, 5.74) is 0.585. The van der Waals surface area contributed by atoms with Gasteiger partial charge in [0.15, 0.2) is 0 Å². The summed E-state index contributed by atoms with van der Waals surface area (Å²) in [7, 11) is 0. The monoisotopic (exact) mass is 278 g/mol. The second-order valence-corrected chi connectivity index (χ2v) is 8.34. The van der Waals surface area contributed by atoms with E-state index >= 15 is 0 Å². The SMILES string of the molecule is CCN(C1CCCC(C)(C)CC1)C1CC2CCC(C1)N2. The molecule has 20 heavy (non-hydrogen) atoms. The first-order chi connectivity index (χ1) is 9.57. The van der Waals surface area contributed by atoms with Gasteiger partial charge in [-0.25, -0.2) is 0 Å². The first-order valence-electron chi connectivity index (χ1n) is 9.09. The number of piperidine rings is 1. The van der Waals surface area contributed by atoms with Crippen LogP contribution in [0.25, 0.3) is 0 Å². The van der Waals surface area contributed by atoms with Crippen molar-refractivity contribution in [2.24, 2.45) is 5.41 Å². The zero-order valence-electron chi connectivity index (χ0n) is 13.8. The topological polar surface area (TPSA) is 15.3 Å². The number of hydrogen-bond donors (Lipinski definition) is 1. The lowest BCUT2D eigenvalue weighted by molar-refractivity contribution is 0.0890. The van der Waals surface area contributed by atoms with Gasteiger partial charge in [-0.05, 0) is 63.3 Å². The molecule has 1 saturated carbocycles. The molecule has 2 nitrogen and oxygen atoms in total. The van der Waals surface area contributed by atoms with Gasteiger partial charge in [-0.2, -0.15) is 0 Å². The lowest BCUT2D eigenvalue weighted by Gasteiger charge is -2.42. The summed E-state index contributed by atoms with van der Waals surface area (Å²) in [6.07, 6.45) is 12.8. The fraction of sp³-hybridized carbons (Fsp3) is 1.00. The minimum atomic E-state index is 0.585. The van der Waals surface area contributed by atoms with E-state index in [9.17, 15) is 0 Å². The van der Waals surface area contributed by atoms with Gasteiger partial charge in [0.05, 0.1) is 0 Å². The van der Waals surface area contributed by atoms with Crippen LogP contribution in [0.5, 0.6) is 0 Å². The molecule has 1 aliphatic carbocycles. The zero-order chi connectivity index (χ0) is 14.2. The van der Waals surface area contributed by atoms with Gasteiger partial charge in [-0.1, -0.05) is 27.2 Å². The molecule has 0 radical (unpaired) electrons. The molecule has 0 amide bonds. The third-order valence-electron chi connectivity index (χ3n) is 6.30. The Kier molecular flexibility index (Phi) is 4.42. The van der Waals surface area contributed by atoms with Gasteiger partial charge in [0, 0.05) is 24.2 Å². The van der Waals surface area contributed by atoms with E-state index in [0.29, 0.717) is 5.41 Å². The van der Waals surface area contributed by atoms with Crippen LogP contribution in [-0.2, 0) is 0 Å². The molecule has 116 valence electrons. The zero-order valence-corrected chi connectivity index (χ0v) is 13.8. The van der Waals surface area contributed by atoms with E-state index in [2.05, 4.69) is 31.0 Å². The van der Waals surface area contributed by atoms with Gasteiger partial charge in [0.1, 0.15) is 0 Å². The highest BCUT2D eigenvalue weighted by Crippen LogP contribution is 2.38. The van der Waals surface area contributed by atoms with Crippen LogP contribution in [0, 0.1) is 5.41 Å². The maximum Gasteiger partial charge on any atom is 0.0128 e. The largest absolute Gasteiger partial charge is 0.311 e. The summed E-state index contributed by atoms with van der Waals surface area (Å²) in [4.78, 5) is 2.90. The van der Waals surface area contributed by atoms with Crippen molar-refractivity contribution >= 4 is 0 Å². The first kappa shape index (κ1) is 14.8. The van der Waals surface area contributed by atoms with E-state index in [-0.39, 0.29) is 0 Å². The molecule has 3 aliphatic rings. The van der Waals surface area contributed by atoms with Crippen LogP contribution in [0.3, 0.4) is 0 Å². The highest BCUT2D eigenvalue weighted by molar-refractivity contribution is 4.97. The van der Waals surface area contributed by atoms with Crippen molar-refractivity contribution in [3.63, 3.8) is 0 Å². The third-order valence-corrected chi connectivity index (χ3v) is 6.30. The molecule has 3 unspecified atom stereocenters. The van der Waals surface area contributed by atoms with Crippen molar-refractivity contribution in [2.75, 3.05) is 6.54 Å². The Morgan fingerprint density at radius 3 is 2.30 bits per heavy atom. The fourth-order valence-corrected chi connectivity index (χ4v) is 5.09. The molecule has 3 rings (SSSR count). The molecule has 2 heteroatoms. The number of nitrogens with zero attached hydrogens (tertiary/aromatic N) is 1. The number of hydrogen-bond acceptors (Lipinski definition) is 2. The molecule has 1 N–H and O–H groups in total. The van der Waals surface area contributed by atoms with Crippen molar-refractivity contribution in [1.29, 1.82) is 0 Å². The van der Waals surface area contributed by atoms with E-state index in [1.54, 1.807) is 0 Å². The van der Waals surface area contributed by atoms with E-state index in [0.717, 1.165) is 24.2 Å². The molecule has 2 saturated heterocycles. The lowest BCUT2D eigenvalue weighted by Crippen LogP contribution is -2.51. The van der Waals surface area contributed by atoms with E-state index < -0.39 is 0 Å². The molecule has 2 bridgehead atoms. The Morgan fingerprint density at radius 1 is 0.950 bits per heavy atom. The molecule has 2 heterocycles. The highest BCUT2D eigenvalue weighted by atomic mass is 15.2. The molecular formula is C18H34N2. The smallest absolute Gasteiger partial charge is 0.0128 e. The number of nitrogens with one attached hydrogen (secondary N) is 1. The van der Waals surface area contributed by atoms with E-state index in [4.69, 9.17) is 0 Å². The molecule has 0 aromatic heterocycles. The van der Waals surface area contributed by atoms with Crippen LogP contribution in [0.1, 0.15) is 78.6 Å². The quantitative estimate of drug-likeness (QED) is 0.786. The van der Waals surface area contributed by atoms with Crippen LogP contribution in [-0.4, -0.2) is 35.6 Å². The van der Waals surface area contributed by atoms with Crippen molar-refractivity contribution < 1.29 is 0 Å². The molecular weight excluding hydrogens is 244 g/mol. The number of fused-ring (bicyclic) bond motifs is 2. The minimum Gasteiger partial charge on any atom is -0.311 e. The van der Waals surface area contributed by atoms with Crippen molar-refractivity contribution in [3.8, 4) is 0 Å². The maximum absolute atomic E-state index is 3.80. The fourth-order valence-electron chi connectivity index (χ4n) is 5.09. The Hall–Kier alpha value is -0.0800. The lowest BCUT2D eigenvalue weighted by atomic mass is 9.85. The van der Waals surface area contributed by atoms with Crippen LogP contribution >= 0.6 is 0 Å². The Labute approximate surface area is 125 Å². The van der Waals surface area contributed by atoms with Gasteiger partial charge in [0.2, 0.25) is 0 Å². The summed E-state index contributed by atoms with van der Waals surface area (Å²) in [5, 5.41) is 3.80. The van der Waals surface area contributed by atoms with Crippen LogP contribution in [0.15, 0.2) is 0 Å². The van der Waals surface area contributed by atoms with Gasteiger partial charge in [-0.15, -0.1) is 0 Å². The first-order valence-corrected chi connectivity index (χ1v) is 9.09. The second kappa shape index (κ2) is 5.96. The molecule has 0 aromatic carbocycles. The molecule has 0 aromatic rings. The third kappa shape index (κ3) is 3.22. The molecule has 0 spiro atoms. The minimum absolute atomic E-state index is 0.585. The molecule has 3 fully saturated rings. The Balaban J connectivity index is 1.64. The van der Waals surface area contributed by atoms with Gasteiger partial charge >= 0.3 is 0 Å². The Morgan fingerprint density at radius 2 is 1.65 bits per heavy atom. The summed E-state index contributed by atoms with van der Waals surface area (Å²) < 4.78 is 0. The van der Waals surface area contributed by atoms with Crippen LogP contribution in [0.4, 0.5) is 0 Å². The van der Waals surface area contributed by atoms with Crippen LogP contribution in [0.2, 0.25) is 0 Å². The average molecular weight is 278 g/mol. The maximum atomic E-state index is 3.80. The van der Waals surface area contributed by atoms with E-state index in [1.807, 2.05) is 0 Å². The van der Waals surface area contributed by atoms with Crippen molar-refractivity contribution in [1.82, 2.24) is 10.2 Å². The molecule has 3 atom stereocenters. The predicted molar refractivity (Wildman–Crippen MR) is 86.0 cm³/mol.